The van der Waals surface area contributed by atoms with E-state index in [0.29, 0.717) is 0 Å². The predicted molar refractivity (Wildman–Crippen MR) is 46.2 cm³/mol. The first-order valence-corrected chi connectivity index (χ1v) is 4.01. The van der Waals surface area contributed by atoms with Crippen LogP contribution in [0.1, 0.15) is 0 Å². The fourth-order valence-corrected chi connectivity index (χ4v) is 1.60. The van der Waals surface area contributed by atoms with Crippen LogP contribution in [-0.2, 0) is 7.05 Å². The van der Waals surface area contributed by atoms with Crippen LogP contribution in [0.25, 0.3) is 11.0 Å². The maximum Gasteiger partial charge on any atom is 0.158 e. The van der Waals surface area contributed by atoms with Gasteiger partial charge in [0.2, 0.25) is 0 Å². The van der Waals surface area contributed by atoms with Crippen LogP contribution in [0.15, 0.2) is 22.9 Å². The molecule has 0 atom stereocenters. The van der Waals surface area contributed by atoms with Crippen molar-refractivity contribution < 1.29 is 0 Å². The van der Waals surface area contributed by atoms with E-state index in [9.17, 15) is 0 Å². The van der Waals surface area contributed by atoms with Crippen molar-refractivity contribution in [1.82, 2.24) is 14.8 Å². The zero-order valence-electron chi connectivity index (χ0n) is 5.95. The van der Waals surface area contributed by atoms with Gasteiger partial charge in [-0.05, 0) is 28.1 Å². The Morgan fingerprint density at radius 3 is 3.09 bits per heavy atom. The van der Waals surface area contributed by atoms with Crippen LogP contribution in [0.5, 0.6) is 0 Å². The molecule has 2 rings (SSSR count). The monoisotopic (exact) mass is 211 g/mol. The molecule has 0 N–H and O–H groups in total. The zero-order valence-corrected chi connectivity index (χ0v) is 7.54. The quantitative estimate of drug-likeness (QED) is 0.665. The minimum Gasteiger partial charge on any atom is -0.249 e. The molecule has 11 heavy (non-hydrogen) atoms. The highest BCUT2D eigenvalue weighted by molar-refractivity contribution is 9.10. The van der Waals surface area contributed by atoms with Crippen molar-refractivity contribution in [2.45, 2.75) is 0 Å². The van der Waals surface area contributed by atoms with Gasteiger partial charge in [-0.1, -0.05) is 0 Å². The van der Waals surface area contributed by atoms with Crippen LogP contribution < -0.4 is 0 Å². The van der Waals surface area contributed by atoms with Crippen LogP contribution in [-0.4, -0.2) is 14.8 Å². The molecule has 0 aliphatic heterocycles. The Morgan fingerprint density at radius 2 is 2.36 bits per heavy atom. The number of aromatic nitrogens is 3. The number of rotatable bonds is 0. The normalized spacial score (nSPS) is 10.7. The van der Waals surface area contributed by atoms with Gasteiger partial charge < -0.3 is 0 Å². The Kier molecular flexibility index (Phi) is 1.42. The Hall–Kier alpha value is -0.900. The van der Waals surface area contributed by atoms with Gasteiger partial charge in [-0.2, -0.15) is 5.10 Å². The van der Waals surface area contributed by atoms with Gasteiger partial charge in [-0.15, -0.1) is 0 Å². The molecule has 0 fully saturated rings. The lowest BCUT2D eigenvalue weighted by Crippen LogP contribution is -1.90. The van der Waals surface area contributed by atoms with Gasteiger partial charge >= 0.3 is 0 Å². The first-order valence-electron chi connectivity index (χ1n) is 3.22. The maximum absolute atomic E-state index is 4.17. The lowest BCUT2D eigenvalue weighted by Gasteiger charge is -1.88. The topological polar surface area (TPSA) is 30.7 Å². The SMILES string of the molecule is Cn1nc(Br)c2cccnc21. The number of halogens is 1. The van der Waals surface area contributed by atoms with E-state index >= 15 is 0 Å². The molecule has 0 bridgehead atoms. The van der Waals surface area contributed by atoms with Crippen molar-refractivity contribution in [2.75, 3.05) is 0 Å². The van der Waals surface area contributed by atoms with E-state index in [-0.39, 0.29) is 0 Å². The van der Waals surface area contributed by atoms with Crippen molar-refractivity contribution in [3.63, 3.8) is 0 Å². The molecule has 3 nitrogen and oxygen atoms in total. The van der Waals surface area contributed by atoms with Gasteiger partial charge in [-0.3, -0.25) is 0 Å². The number of pyridine rings is 1. The summed E-state index contributed by atoms with van der Waals surface area (Å²) in [6, 6.07) is 3.88. The van der Waals surface area contributed by atoms with Gasteiger partial charge in [0, 0.05) is 13.2 Å². The summed E-state index contributed by atoms with van der Waals surface area (Å²) < 4.78 is 2.60. The number of hydrogen-bond acceptors (Lipinski definition) is 2. The van der Waals surface area contributed by atoms with Gasteiger partial charge in [0.25, 0.3) is 0 Å². The van der Waals surface area contributed by atoms with Crippen LogP contribution in [0.4, 0.5) is 0 Å². The minimum atomic E-state index is 0.850. The second-order valence-electron chi connectivity index (χ2n) is 2.29. The van der Waals surface area contributed by atoms with E-state index in [1.54, 1.807) is 10.9 Å². The molecule has 0 aliphatic carbocycles. The third kappa shape index (κ3) is 0.939. The Morgan fingerprint density at radius 1 is 1.55 bits per heavy atom. The minimum absolute atomic E-state index is 0.850. The number of nitrogens with zero attached hydrogens (tertiary/aromatic N) is 3. The highest BCUT2D eigenvalue weighted by atomic mass is 79.9. The molecule has 56 valence electrons. The smallest absolute Gasteiger partial charge is 0.158 e. The number of aryl methyl sites for hydroxylation is 1. The van der Waals surface area contributed by atoms with Crippen molar-refractivity contribution in [3.05, 3.63) is 22.9 Å². The summed E-state index contributed by atoms with van der Waals surface area (Å²) in [6.07, 6.45) is 1.76. The molecule has 0 unspecified atom stereocenters. The fourth-order valence-electron chi connectivity index (χ4n) is 1.05. The molecule has 0 saturated carbocycles. The van der Waals surface area contributed by atoms with E-state index in [2.05, 4.69) is 26.0 Å². The third-order valence-corrected chi connectivity index (χ3v) is 2.14. The number of fused-ring (bicyclic) bond motifs is 1. The first-order chi connectivity index (χ1) is 5.29. The largest absolute Gasteiger partial charge is 0.249 e. The molecule has 0 amide bonds. The predicted octanol–water partition coefficient (Wildman–Crippen LogP) is 1.73. The summed E-state index contributed by atoms with van der Waals surface area (Å²) in [6.45, 7) is 0. The molecule has 0 aliphatic rings. The van der Waals surface area contributed by atoms with Crippen LogP contribution in [0, 0.1) is 0 Å². The second kappa shape index (κ2) is 2.30. The fraction of sp³-hybridized carbons (Fsp3) is 0.143. The summed E-state index contributed by atoms with van der Waals surface area (Å²) in [7, 11) is 1.88. The van der Waals surface area contributed by atoms with Crippen LogP contribution in [0.3, 0.4) is 0 Å². The van der Waals surface area contributed by atoms with Gasteiger partial charge in [-0.25, -0.2) is 9.67 Å². The van der Waals surface area contributed by atoms with E-state index in [4.69, 9.17) is 0 Å². The molecule has 0 spiro atoms. The second-order valence-corrected chi connectivity index (χ2v) is 3.04. The summed E-state index contributed by atoms with van der Waals surface area (Å²) in [5.74, 6) is 0. The van der Waals surface area contributed by atoms with E-state index in [1.807, 2.05) is 19.2 Å². The maximum atomic E-state index is 4.17. The zero-order chi connectivity index (χ0) is 7.84. The lowest BCUT2D eigenvalue weighted by atomic mass is 10.4. The molecular weight excluding hydrogens is 206 g/mol. The van der Waals surface area contributed by atoms with Crippen molar-refractivity contribution >= 4 is 27.0 Å². The number of hydrogen-bond donors (Lipinski definition) is 0. The van der Waals surface area contributed by atoms with Crippen molar-refractivity contribution in [2.24, 2.45) is 7.05 Å². The van der Waals surface area contributed by atoms with Gasteiger partial charge in [0.15, 0.2) is 5.65 Å². The highest BCUT2D eigenvalue weighted by Crippen LogP contribution is 2.19. The third-order valence-electron chi connectivity index (χ3n) is 1.55. The van der Waals surface area contributed by atoms with E-state index in [0.717, 1.165) is 15.6 Å². The Balaban J connectivity index is 2.95. The average molecular weight is 212 g/mol. The molecule has 0 radical (unpaired) electrons. The van der Waals surface area contributed by atoms with Crippen LogP contribution >= 0.6 is 15.9 Å². The molecule has 2 aromatic heterocycles. The summed E-state index contributed by atoms with van der Waals surface area (Å²) >= 11 is 3.35. The molecule has 2 heterocycles. The van der Waals surface area contributed by atoms with Crippen molar-refractivity contribution in [1.29, 1.82) is 0 Å². The van der Waals surface area contributed by atoms with Gasteiger partial charge in [0.05, 0.1) is 5.39 Å². The summed E-state index contributed by atoms with van der Waals surface area (Å²) in [4.78, 5) is 4.17. The molecule has 2 aromatic rings. The standard InChI is InChI=1S/C7H6BrN3/c1-11-7-5(6(8)10-11)3-2-4-9-7/h2-4H,1H3. The molecule has 0 saturated heterocycles. The Labute approximate surface area is 72.2 Å². The van der Waals surface area contributed by atoms with Crippen molar-refractivity contribution in [3.8, 4) is 0 Å². The van der Waals surface area contributed by atoms with Crippen LogP contribution in [0.2, 0.25) is 0 Å². The summed E-state index contributed by atoms with van der Waals surface area (Å²) in [5, 5.41) is 5.21. The average Bonchev–Trinajstić information content (AvgIpc) is 2.30. The highest BCUT2D eigenvalue weighted by Gasteiger charge is 2.03. The summed E-state index contributed by atoms with van der Waals surface area (Å²) in [5.41, 5.74) is 0.902. The van der Waals surface area contributed by atoms with E-state index < -0.39 is 0 Å². The molecule has 0 aromatic carbocycles. The lowest BCUT2D eigenvalue weighted by molar-refractivity contribution is 0.778. The Bertz CT molecular complexity index is 357. The van der Waals surface area contributed by atoms with E-state index in [1.165, 1.54) is 0 Å². The molecule has 4 heteroatoms. The van der Waals surface area contributed by atoms with Gasteiger partial charge in [0.1, 0.15) is 4.60 Å². The molecular formula is C7H6BrN3. The first kappa shape index (κ1) is 6.79.